The maximum absolute atomic E-state index is 12.2. The van der Waals surface area contributed by atoms with E-state index in [9.17, 15) is 14.9 Å². The van der Waals surface area contributed by atoms with Crippen LogP contribution in [-0.4, -0.2) is 28.5 Å². The smallest absolute Gasteiger partial charge is 0.355 e. The molecule has 1 amide bonds. The van der Waals surface area contributed by atoms with Gasteiger partial charge in [-0.3, -0.25) is 4.79 Å². The lowest BCUT2D eigenvalue weighted by atomic mass is 9.83. The molecule has 0 radical (unpaired) electrons. The average molecular weight is 368 g/mol. The number of hydrogen-bond donors (Lipinski definition) is 2. The van der Waals surface area contributed by atoms with E-state index in [4.69, 9.17) is 4.74 Å². The number of aromatic nitrogens is 1. The van der Waals surface area contributed by atoms with Gasteiger partial charge >= 0.3 is 5.97 Å². The number of nitrogens with one attached hydrogen (secondary N) is 2. The Bertz CT molecular complexity index is 599. The Balaban J connectivity index is 1.94. The monoisotopic (exact) mass is 367 g/mol. The molecule has 22 heavy (non-hydrogen) atoms. The van der Waals surface area contributed by atoms with Gasteiger partial charge in [-0.05, 0) is 41.8 Å². The molecule has 1 aliphatic rings. The predicted molar refractivity (Wildman–Crippen MR) is 82.9 cm³/mol. The van der Waals surface area contributed by atoms with E-state index >= 15 is 0 Å². The van der Waals surface area contributed by atoms with Crippen molar-refractivity contribution in [3.05, 3.63) is 22.4 Å². The lowest BCUT2D eigenvalue weighted by Gasteiger charge is -2.32. The third-order valence-corrected chi connectivity index (χ3v) is 4.26. The largest absolute Gasteiger partial charge is 0.448 e. The van der Waals surface area contributed by atoms with Crippen LogP contribution in [0.3, 0.4) is 0 Å². The third kappa shape index (κ3) is 3.89. The molecule has 0 spiro atoms. The summed E-state index contributed by atoms with van der Waals surface area (Å²) in [5.74, 6) is -1.05. The van der Waals surface area contributed by atoms with Gasteiger partial charge in [0, 0.05) is 10.7 Å². The highest BCUT2D eigenvalue weighted by atomic mass is 79.9. The Morgan fingerprint density at radius 2 is 2.14 bits per heavy atom. The Labute approximate surface area is 137 Å². The molecule has 1 heterocycles. The third-order valence-electron chi connectivity index (χ3n) is 3.80. The van der Waals surface area contributed by atoms with E-state index in [1.165, 1.54) is 6.92 Å². The average Bonchev–Trinajstić information content (AvgIpc) is 2.94. The molecule has 0 aromatic carbocycles. The van der Waals surface area contributed by atoms with Crippen molar-refractivity contribution >= 4 is 27.8 Å². The fourth-order valence-electron chi connectivity index (χ4n) is 2.52. The second kappa shape index (κ2) is 6.97. The number of amides is 1. The topological polar surface area (TPSA) is 95.0 Å². The number of hydrogen-bond acceptors (Lipinski definition) is 4. The van der Waals surface area contributed by atoms with Crippen LogP contribution in [0.2, 0.25) is 0 Å². The normalized spacial score (nSPS) is 18.0. The first-order valence-corrected chi connectivity index (χ1v) is 8.03. The fraction of sp³-hybridized carbons (Fsp3) is 0.533. The molecule has 1 aromatic heterocycles. The van der Waals surface area contributed by atoms with Crippen molar-refractivity contribution in [3.8, 4) is 6.07 Å². The van der Waals surface area contributed by atoms with Crippen LogP contribution in [0.15, 0.2) is 16.7 Å². The van der Waals surface area contributed by atoms with Gasteiger partial charge in [0.2, 0.25) is 0 Å². The number of nitriles is 1. The molecule has 1 aliphatic carbocycles. The highest BCUT2D eigenvalue weighted by Crippen LogP contribution is 2.27. The van der Waals surface area contributed by atoms with Crippen molar-refractivity contribution < 1.29 is 14.3 Å². The quantitative estimate of drug-likeness (QED) is 0.799. The number of H-pyrrole nitrogens is 1. The maximum Gasteiger partial charge on any atom is 0.355 e. The van der Waals surface area contributed by atoms with E-state index in [1.54, 1.807) is 12.3 Å². The molecule has 118 valence electrons. The molecule has 6 nitrogen and oxygen atoms in total. The summed E-state index contributed by atoms with van der Waals surface area (Å²) >= 11 is 3.22. The Kier molecular flexibility index (Phi) is 5.24. The molecule has 7 heteroatoms. The van der Waals surface area contributed by atoms with Gasteiger partial charge in [0.15, 0.2) is 6.10 Å². The number of halogens is 1. The Morgan fingerprint density at radius 1 is 1.45 bits per heavy atom. The Hall–Kier alpha value is -1.81. The molecule has 2 rings (SSSR count). The van der Waals surface area contributed by atoms with Crippen LogP contribution in [0.5, 0.6) is 0 Å². The van der Waals surface area contributed by atoms with Crippen molar-refractivity contribution in [2.45, 2.75) is 50.7 Å². The second-order valence-corrected chi connectivity index (χ2v) is 6.44. The van der Waals surface area contributed by atoms with Crippen molar-refractivity contribution in [2.24, 2.45) is 0 Å². The molecular weight excluding hydrogens is 350 g/mol. The van der Waals surface area contributed by atoms with Gasteiger partial charge in [-0.25, -0.2) is 4.79 Å². The van der Waals surface area contributed by atoms with E-state index in [0.717, 1.165) is 23.7 Å². The minimum atomic E-state index is -0.957. The molecule has 1 saturated carbocycles. The minimum Gasteiger partial charge on any atom is -0.448 e. The van der Waals surface area contributed by atoms with Gasteiger partial charge in [0.25, 0.3) is 5.91 Å². The van der Waals surface area contributed by atoms with Crippen molar-refractivity contribution in [1.29, 1.82) is 5.26 Å². The number of ether oxygens (including phenoxy) is 1. The predicted octanol–water partition coefficient (Wildman–Crippen LogP) is 2.67. The zero-order valence-corrected chi connectivity index (χ0v) is 13.9. The van der Waals surface area contributed by atoms with E-state index in [2.05, 4.69) is 32.3 Å². The highest BCUT2D eigenvalue weighted by Gasteiger charge is 2.35. The van der Waals surface area contributed by atoms with E-state index < -0.39 is 23.5 Å². The lowest BCUT2D eigenvalue weighted by Crippen LogP contribution is -2.52. The molecule has 2 N–H and O–H groups in total. The number of carbonyl (C=O) groups excluding carboxylic acids is 2. The van der Waals surface area contributed by atoms with Gasteiger partial charge in [-0.15, -0.1) is 0 Å². The first-order valence-electron chi connectivity index (χ1n) is 7.24. The number of aromatic amines is 1. The number of carbonyl (C=O) groups is 2. The van der Waals surface area contributed by atoms with E-state index in [1.807, 2.05) is 0 Å². The summed E-state index contributed by atoms with van der Waals surface area (Å²) in [7, 11) is 0. The molecular formula is C15H18BrN3O3. The summed E-state index contributed by atoms with van der Waals surface area (Å²) in [4.78, 5) is 26.8. The van der Waals surface area contributed by atoms with E-state index in [-0.39, 0.29) is 5.69 Å². The SMILES string of the molecule is CC(OC(=O)c1cc(Br)c[nH]1)C(=O)NC1(C#N)CCCCC1. The number of nitrogens with zero attached hydrogens (tertiary/aromatic N) is 1. The summed E-state index contributed by atoms with van der Waals surface area (Å²) < 4.78 is 5.85. The molecule has 1 atom stereocenters. The van der Waals surface area contributed by atoms with Crippen LogP contribution in [-0.2, 0) is 9.53 Å². The van der Waals surface area contributed by atoms with Gasteiger partial charge < -0.3 is 15.0 Å². The van der Waals surface area contributed by atoms with Gasteiger partial charge in [-0.1, -0.05) is 19.3 Å². The summed E-state index contributed by atoms with van der Waals surface area (Å²) in [5.41, 5.74) is -0.565. The fourth-order valence-corrected chi connectivity index (χ4v) is 2.86. The van der Waals surface area contributed by atoms with Gasteiger partial charge in [0.05, 0.1) is 6.07 Å². The summed E-state index contributed by atoms with van der Waals surface area (Å²) in [6.45, 7) is 1.50. The van der Waals surface area contributed by atoms with Crippen LogP contribution >= 0.6 is 15.9 Å². The molecule has 1 unspecified atom stereocenters. The van der Waals surface area contributed by atoms with Crippen LogP contribution < -0.4 is 5.32 Å². The molecule has 0 aliphatic heterocycles. The first-order chi connectivity index (χ1) is 10.5. The molecule has 1 fully saturated rings. The van der Waals surface area contributed by atoms with Crippen LogP contribution in [0.4, 0.5) is 0 Å². The van der Waals surface area contributed by atoms with Crippen molar-refractivity contribution in [1.82, 2.24) is 10.3 Å². The molecule has 1 aromatic rings. The zero-order valence-electron chi connectivity index (χ0n) is 12.3. The summed E-state index contributed by atoms with van der Waals surface area (Å²) in [5, 5.41) is 12.1. The Morgan fingerprint density at radius 3 is 2.68 bits per heavy atom. The number of esters is 1. The van der Waals surface area contributed by atoms with Gasteiger partial charge in [-0.2, -0.15) is 5.26 Å². The lowest BCUT2D eigenvalue weighted by molar-refractivity contribution is -0.130. The zero-order chi connectivity index (χ0) is 16.2. The van der Waals surface area contributed by atoms with Gasteiger partial charge in [0.1, 0.15) is 11.2 Å². The standard InChI is InChI=1S/C15H18BrN3O3/c1-10(22-14(21)12-7-11(16)8-18-12)13(20)19-15(9-17)5-3-2-4-6-15/h7-8,10,18H,2-6H2,1H3,(H,19,20). The molecule has 0 bridgehead atoms. The van der Waals surface area contributed by atoms with E-state index in [0.29, 0.717) is 12.8 Å². The van der Waals surface area contributed by atoms with Crippen molar-refractivity contribution in [3.63, 3.8) is 0 Å². The van der Waals surface area contributed by atoms with Crippen LogP contribution in [0.25, 0.3) is 0 Å². The molecule has 0 saturated heterocycles. The minimum absolute atomic E-state index is 0.263. The van der Waals surface area contributed by atoms with Crippen LogP contribution in [0, 0.1) is 11.3 Å². The van der Waals surface area contributed by atoms with Crippen molar-refractivity contribution in [2.75, 3.05) is 0 Å². The first kappa shape index (κ1) is 16.6. The highest BCUT2D eigenvalue weighted by molar-refractivity contribution is 9.10. The maximum atomic E-state index is 12.2. The second-order valence-electron chi connectivity index (χ2n) is 5.52. The van der Waals surface area contributed by atoms with Crippen LogP contribution in [0.1, 0.15) is 49.5 Å². The number of rotatable bonds is 4. The summed E-state index contributed by atoms with van der Waals surface area (Å²) in [6, 6.07) is 3.78. The summed E-state index contributed by atoms with van der Waals surface area (Å²) in [6.07, 6.45) is 4.83.